The van der Waals surface area contributed by atoms with E-state index in [1.165, 1.54) is 12.4 Å². The van der Waals surface area contributed by atoms with Crippen LogP contribution in [-0.4, -0.2) is 55.3 Å². The van der Waals surface area contributed by atoms with Gasteiger partial charge in [-0.05, 0) is 48.8 Å². The number of allylic oxidation sites excluding steroid dienone is 6. The molecule has 0 atom stereocenters. The Morgan fingerprint density at radius 1 is 1.25 bits per heavy atom. The Balaban J connectivity index is 1.56. The first-order chi connectivity index (χ1) is 17.2. The molecule has 0 saturated carbocycles. The average Bonchev–Trinajstić information content (AvgIpc) is 2.85. The molecule has 36 heavy (non-hydrogen) atoms. The molecule has 7 N–H and O–H groups in total. The predicted octanol–water partition coefficient (Wildman–Crippen LogP) is 3.31. The number of dihydropyridines is 2. The van der Waals surface area contributed by atoms with Gasteiger partial charge in [0.05, 0.1) is 11.4 Å². The van der Waals surface area contributed by atoms with Crippen LogP contribution in [0.2, 0.25) is 0 Å². The molecular formula is C26H36F2N8. The molecule has 0 aromatic carbocycles. The third-order valence-electron chi connectivity index (χ3n) is 6.13. The Hall–Kier alpha value is -3.53. The summed E-state index contributed by atoms with van der Waals surface area (Å²) in [4.78, 5) is 11.0. The smallest absolute Gasteiger partial charge is 0.250 e. The largest absolute Gasteiger partial charge is 0.404 e. The molecule has 3 heterocycles. The van der Waals surface area contributed by atoms with Crippen molar-refractivity contribution < 1.29 is 8.78 Å². The molecule has 1 fully saturated rings. The Bertz CT molecular complexity index is 1060. The number of hydrogen-bond donors (Lipinski definition) is 5. The molecule has 1 saturated heterocycles. The third kappa shape index (κ3) is 7.74. The first-order valence-electron chi connectivity index (χ1n) is 12.2. The number of rotatable bonds is 10. The summed E-state index contributed by atoms with van der Waals surface area (Å²) in [6, 6.07) is 0. The van der Waals surface area contributed by atoms with E-state index in [-0.39, 0.29) is 18.8 Å². The molecule has 194 valence electrons. The van der Waals surface area contributed by atoms with Gasteiger partial charge in [-0.2, -0.15) is 0 Å². The second-order valence-corrected chi connectivity index (χ2v) is 9.25. The molecule has 10 heteroatoms. The third-order valence-corrected chi connectivity index (χ3v) is 6.13. The average molecular weight is 499 g/mol. The van der Waals surface area contributed by atoms with E-state index in [0.29, 0.717) is 31.3 Å². The van der Waals surface area contributed by atoms with Crippen LogP contribution in [0.15, 0.2) is 80.6 Å². The van der Waals surface area contributed by atoms with Crippen LogP contribution < -0.4 is 22.1 Å². The number of amidine groups is 1. The maximum absolute atomic E-state index is 13.3. The molecule has 3 aliphatic heterocycles. The molecule has 0 spiro atoms. The number of fused-ring (bicyclic) bond motifs is 1. The Morgan fingerprint density at radius 2 is 2.00 bits per heavy atom. The quantitative estimate of drug-likeness (QED) is 0.179. The number of piperidine rings is 1. The van der Waals surface area contributed by atoms with Gasteiger partial charge in [0.2, 0.25) is 0 Å². The molecule has 3 rings (SSSR count). The molecule has 0 amide bonds. The van der Waals surface area contributed by atoms with Crippen molar-refractivity contribution in [1.29, 1.82) is 5.41 Å². The predicted molar refractivity (Wildman–Crippen MR) is 143 cm³/mol. The second-order valence-electron chi connectivity index (χ2n) is 9.25. The Kier molecular flexibility index (Phi) is 9.35. The number of alkyl halides is 2. The zero-order valence-electron chi connectivity index (χ0n) is 20.9. The van der Waals surface area contributed by atoms with Gasteiger partial charge in [0.15, 0.2) is 0 Å². The van der Waals surface area contributed by atoms with Crippen molar-refractivity contribution >= 4 is 18.3 Å². The van der Waals surface area contributed by atoms with Crippen molar-refractivity contribution in [2.75, 3.05) is 26.2 Å². The highest BCUT2D eigenvalue weighted by Gasteiger charge is 2.33. The zero-order valence-corrected chi connectivity index (χ0v) is 20.9. The summed E-state index contributed by atoms with van der Waals surface area (Å²) in [5.41, 5.74) is 16.0. The van der Waals surface area contributed by atoms with Crippen LogP contribution in [0.4, 0.5) is 8.78 Å². The Morgan fingerprint density at radius 3 is 2.67 bits per heavy atom. The number of aliphatic imine (C=N–C) groups is 2. The monoisotopic (exact) mass is 498 g/mol. The van der Waals surface area contributed by atoms with E-state index in [2.05, 4.69) is 25.5 Å². The highest BCUT2D eigenvalue weighted by Crippen LogP contribution is 2.27. The first-order valence-corrected chi connectivity index (χ1v) is 12.2. The van der Waals surface area contributed by atoms with Gasteiger partial charge in [0.25, 0.3) is 5.92 Å². The molecule has 0 radical (unpaired) electrons. The number of hydrogen-bond acceptors (Lipinski definition) is 7. The normalized spacial score (nSPS) is 21.2. The lowest BCUT2D eigenvalue weighted by atomic mass is 10.0. The number of likely N-dealkylation sites (tertiary alicyclic amines) is 1. The number of halogens is 2. The highest BCUT2D eigenvalue weighted by atomic mass is 19.3. The van der Waals surface area contributed by atoms with E-state index >= 15 is 0 Å². The lowest BCUT2D eigenvalue weighted by molar-refractivity contribution is -0.0550. The summed E-state index contributed by atoms with van der Waals surface area (Å²) in [6.07, 6.45) is 14.4. The molecule has 0 aliphatic carbocycles. The highest BCUT2D eigenvalue weighted by molar-refractivity contribution is 5.97. The molecule has 0 bridgehead atoms. The minimum atomic E-state index is -2.52. The fourth-order valence-electron chi connectivity index (χ4n) is 3.91. The lowest BCUT2D eigenvalue weighted by Crippen LogP contribution is -2.39. The minimum Gasteiger partial charge on any atom is -0.404 e. The number of nitrogens with two attached hydrogens (primary N) is 2. The fourth-order valence-corrected chi connectivity index (χ4v) is 3.91. The van der Waals surface area contributed by atoms with E-state index in [1.54, 1.807) is 12.3 Å². The molecule has 3 aliphatic rings. The van der Waals surface area contributed by atoms with Crippen LogP contribution in [0.1, 0.15) is 33.1 Å². The number of nitrogens with one attached hydrogen (secondary N) is 3. The fraction of sp³-hybridized carbons (Fsp3) is 0.423. The van der Waals surface area contributed by atoms with Gasteiger partial charge >= 0.3 is 0 Å². The summed E-state index contributed by atoms with van der Waals surface area (Å²) >= 11 is 0. The van der Waals surface area contributed by atoms with E-state index < -0.39 is 5.92 Å². The minimum absolute atomic E-state index is 0.0646. The van der Waals surface area contributed by atoms with Crippen LogP contribution >= 0.6 is 0 Å². The number of nitrogens with zero attached hydrogens (tertiary/aromatic N) is 3. The van der Waals surface area contributed by atoms with Crippen LogP contribution in [0, 0.1) is 11.3 Å². The summed E-state index contributed by atoms with van der Waals surface area (Å²) in [5, 5.41) is 14.0. The van der Waals surface area contributed by atoms with E-state index in [4.69, 9.17) is 16.9 Å². The van der Waals surface area contributed by atoms with Gasteiger partial charge in [-0.3, -0.25) is 4.99 Å². The van der Waals surface area contributed by atoms with Crippen LogP contribution in [0.3, 0.4) is 0 Å². The zero-order chi connectivity index (χ0) is 26.1. The van der Waals surface area contributed by atoms with Gasteiger partial charge in [-0.25, -0.2) is 13.8 Å². The van der Waals surface area contributed by atoms with Crippen molar-refractivity contribution in [3.8, 4) is 0 Å². The topological polar surface area (TPSA) is 128 Å². The van der Waals surface area contributed by atoms with Gasteiger partial charge in [0, 0.05) is 68.5 Å². The molecule has 0 aromatic rings. The van der Waals surface area contributed by atoms with Crippen molar-refractivity contribution in [3.05, 3.63) is 70.6 Å². The van der Waals surface area contributed by atoms with E-state index in [0.717, 1.165) is 41.1 Å². The Labute approximate surface area is 211 Å². The maximum atomic E-state index is 13.3. The summed E-state index contributed by atoms with van der Waals surface area (Å²) in [7, 11) is 0. The first kappa shape index (κ1) is 27.1. The molecule has 0 unspecified atom stereocenters. The van der Waals surface area contributed by atoms with E-state index in [9.17, 15) is 8.78 Å². The maximum Gasteiger partial charge on any atom is 0.250 e. The molecule has 0 aromatic heterocycles. The summed E-state index contributed by atoms with van der Waals surface area (Å²) in [5.74, 6) is -1.45. The van der Waals surface area contributed by atoms with Crippen molar-refractivity contribution in [2.45, 2.75) is 39.0 Å². The lowest BCUT2D eigenvalue weighted by Gasteiger charge is -2.31. The SMILES string of the molecule is CC(C)C(C=N)=CC(N)=NC1=CC=C2NC=C(C(C=NCCCN3CCC(F)(F)CC3)=CN)C=C2N1. The van der Waals surface area contributed by atoms with Crippen molar-refractivity contribution in [1.82, 2.24) is 15.5 Å². The standard InChI is InChI=1S/C26H36F2N8/c1-18(2)19(14-29)13-24(31)35-25-5-4-22-23(34-25)12-20(17-33-22)21(15-30)16-32-8-3-9-36-10-6-26(27,28)7-11-36/h4-5,12-18,29,33-34H,3,6-11,30H2,1-2H3,(H2,31,35). The molecular weight excluding hydrogens is 462 g/mol. The van der Waals surface area contributed by atoms with Gasteiger partial charge in [-0.1, -0.05) is 13.8 Å². The molecule has 8 nitrogen and oxygen atoms in total. The van der Waals surface area contributed by atoms with Crippen LogP contribution in [-0.2, 0) is 0 Å². The van der Waals surface area contributed by atoms with E-state index in [1.807, 2.05) is 38.3 Å². The van der Waals surface area contributed by atoms with Gasteiger partial charge in [-0.15, -0.1) is 0 Å². The summed E-state index contributed by atoms with van der Waals surface area (Å²) in [6.45, 7) is 6.20. The van der Waals surface area contributed by atoms with Gasteiger partial charge < -0.3 is 32.4 Å². The van der Waals surface area contributed by atoms with Crippen LogP contribution in [0.5, 0.6) is 0 Å². The summed E-state index contributed by atoms with van der Waals surface area (Å²) < 4.78 is 26.6. The van der Waals surface area contributed by atoms with Crippen LogP contribution in [0.25, 0.3) is 0 Å². The van der Waals surface area contributed by atoms with Crippen molar-refractivity contribution in [3.63, 3.8) is 0 Å². The van der Waals surface area contributed by atoms with Gasteiger partial charge in [0.1, 0.15) is 11.7 Å². The van der Waals surface area contributed by atoms with Crippen molar-refractivity contribution in [2.24, 2.45) is 27.4 Å². The second kappa shape index (κ2) is 12.4.